The van der Waals surface area contributed by atoms with Gasteiger partial charge < -0.3 is 15.4 Å². The summed E-state index contributed by atoms with van der Waals surface area (Å²) in [5.41, 5.74) is 2.95. The summed E-state index contributed by atoms with van der Waals surface area (Å²) in [6.45, 7) is 7.82. The fraction of sp³-hybridized carbons (Fsp3) is 0.389. The molecule has 1 aliphatic rings. The summed E-state index contributed by atoms with van der Waals surface area (Å²) in [5, 5.41) is 10.1. The zero-order valence-corrected chi connectivity index (χ0v) is 14.8. The SMILES string of the molecule is Cc1nn(C(C)C)c(C)c1NC(=O)CC1Oc2ccccc2NC1=O. The van der Waals surface area contributed by atoms with E-state index >= 15 is 0 Å². The second-order valence-corrected chi connectivity index (χ2v) is 6.43. The lowest BCUT2D eigenvalue weighted by Gasteiger charge is -2.25. The van der Waals surface area contributed by atoms with Crippen LogP contribution < -0.4 is 15.4 Å². The maximum absolute atomic E-state index is 12.4. The van der Waals surface area contributed by atoms with Gasteiger partial charge in [0.15, 0.2) is 6.10 Å². The van der Waals surface area contributed by atoms with Crippen LogP contribution >= 0.6 is 0 Å². The number of aryl methyl sites for hydroxylation is 1. The Labute approximate surface area is 146 Å². The van der Waals surface area contributed by atoms with E-state index in [0.717, 1.165) is 11.4 Å². The fourth-order valence-corrected chi connectivity index (χ4v) is 2.93. The summed E-state index contributed by atoms with van der Waals surface area (Å²) in [6.07, 6.45) is -0.915. The van der Waals surface area contributed by atoms with Crippen LogP contribution in [0.3, 0.4) is 0 Å². The average Bonchev–Trinajstić information content (AvgIpc) is 2.84. The number of carbonyl (C=O) groups is 2. The maximum atomic E-state index is 12.4. The highest BCUT2D eigenvalue weighted by molar-refractivity contribution is 6.02. The number of nitrogens with one attached hydrogen (secondary N) is 2. The van der Waals surface area contributed by atoms with Gasteiger partial charge in [-0.1, -0.05) is 12.1 Å². The van der Waals surface area contributed by atoms with E-state index < -0.39 is 6.10 Å². The van der Waals surface area contributed by atoms with Gasteiger partial charge in [0.2, 0.25) is 5.91 Å². The first-order valence-corrected chi connectivity index (χ1v) is 8.29. The molecule has 7 nitrogen and oxygen atoms in total. The summed E-state index contributed by atoms with van der Waals surface area (Å²) in [7, 11) is 0. The number of nitrogens with zero attached hydrogens (tertiary/aromatic N) is 2. The smallest absolute Gasteiger partial charge is 0.266 e. The second-order valence-electron chi connectivity index (χ2n) is 6.43. The van der Waals surface area contributed by atoms with Gasteiger partial charge in [-0.3, -0.25) is 14.3 Å². The predicted molar refractivity (Wildman–Crippen MR) is 94.8 cm³/mol. The molecule has 0 fully saturated rings. The monoisotopic (exact) mass is 342 g/mol. The van der Waals surface area contributed by atoms with Crippen LogP contribution in [-0.2, 0) is 9.59 Å². The van der Waals surface area contributed by atoms with E-state index in [4.69, 9.17) is 4.74 Å². The van der Waals surface area contributed by atoms with Crippen molar-refractivity contribution >= 4 is 23.2 Å². The van der Waals surface area contributed by atoms with Gasteiger partial charge in [0.05, 0.1) is 29.2 Å². The largest absolute Gasteiger partial charge is 0.478 e. The highest BCUT2D eigenvalue weighted by Gasteiger charge is 2.30. The van der Waals surface area contributed by atoms with Crippen LogP contribution in [0.1, 0.15) is 37.7 Å². The highest BCUT2D eigenvalue weighted by atomic mass is 16.5. The van der Waals surface area contributed by atoms with E-state index in [2.05, 4.69) is 15.7 Å². The Bertz CT molecular complexity index is 826. The minimum atomic E-state index is -0.851. The van der Waals surface area contributed by atoms with Crippen molar-refractivity contribution in [2.45, 2.75) is 46.3 Å². The molecule has 2 amide bonds. The Morgan fingerprint density at radius 1 is 1.36 bits per heavy atom. The third kappa shape index (κ3) is 3.35. The Hall–Kier alpha value is -2.83. The number of hydrogen-bond acceptors (Lipinski definition) is 4. The van der Waals surface area contributed by atoms with Gasteiger partial charge in [-0.2, -0.15) is 5.10 Å². The molecule has 2 heterocycles. The summed E-state index contributed by atoms with van der Waals surface area (Å²) in [5.74, 6) is -0.0332. The first-order chi connectivity index (χ1) is 11.9. The molecule has 2 N–H and O–H groups in total. The quantitative estimate of drug-likeness (QED) is 0.895. The van der Waals surface area contributed by atoms with Crippen LogP contribution in [0.2, 0.25) is 0 Å². The van der Waals surface area contributed by atoms with Gasteiger partial charge in [0.1, 0.15) is 5.75 Å². The molecular weight excluding hydrogens is 320 g/mol. The number of ether oxygens (including phenoxy) is 1. The Balaban J connectivity index is 1.71. The van der Waals surface area contributed by atoms with Crippen molar-refractivity contribution in [3.63, 3.8) is 0 Å². The van der Waals surface area contributed by atoms with Crippen LogP contribution in [0.4, 0.5) is 11.4 Å². The fourth-order valence-electron chi connectivity index (χ4n) is 2.93. The normalized spacial score (nSPS) is 16.2. The minimum Gasteiger partial charge on any atom is -0.478 e. The molecule has 2 aromatic rings. The Kier molecular flexibility index (Phi) is 4.48. The number of anilines is 2. The Morgan fingerprint density at radius 2 is 2.08 bits per heavy atom. The second kappa shape index (κ2) is 6.58. The van der Waals surface area contributed by atoms with Gasteiger partial charge in [0, 0.05) is 6.04 Å². The van der Waals surface area contributed by atoms with Crippen molar-refractivity contribution in [2.75, 3.05) is 10.6 Å². The summed E-state index contributed by atoms with van der Waals surface area (Å²) in [4.78, 5) is 24.6. The first kappa shape index (κ1) is 17.0. The van der Waals surface area contributed by atoms with Crippen LogP contribution in [0.25, 0.3) is 0 Å². The van der Waals surface area contributed by atoms with Crippen LogP contribution in [0, 0.1) is 13.8 Å². The molecule has 132 valence electrons. The molecule has 1 unspecified atom stereocenters. The number of benzene rings is 1. The molecule has 0 radical (unpaired) electrons. The van der Waals surface area contributed by atoms with Crippen molar-refractivity contribution in [1.29, 1.82) is 0 Å². The van der Waals surface area contributed by atoms with E-state index in [1.165, 1.54) is 0 Å². The lowest BCUT2D eigenvalue weighted by atomic mass is 10.1. The van der Waals surface area contributed by atoms with Gasteiger partial charge in [-0.05, 0) is 39.8 Å². The third-order valence-corrected chi connectivity index (χ3v) is 4.16. The lowest BCUT2D eigenvalue weighted by molar-refractivity contribution is -0.128. The van der Waals surface area contributed by atoms with Crippen LogP contribution in [0.15, 0.2) is 24.3 Å². The maximum Gasteiger partial charge on any atom is 0.266 e. The van der Waals surface area contributed by atoms with E-state index in [1.54, 1.807) is 12.1 Å². The van der Waals surface area contributed by atoms with Crippen molar-refractivity contribution in [1.82, 2.24) is 9.78 Å². The number of para-hydroxylation sites is 2. The molecule has 3 rings (SSSR count). The Morgan fingerprint density at radius 3 is 2.76 bits per heavy atom. The molecular formula is C18H22N4O3. The number of rotatable bonds is 4. The lowest BCUT2D eigenvalue weighted by Crippen LogP contribution is -2.39. The molecule has 1 aromatic carbocycles. The van der Waals surface area contributed by atoms with E-state index in [1.807, 2.05) is 44.5 Å². The molecule has 1 aromatic heterocycles. The molecule has 1 aliphatic heterocycles. The van der Waals surface area contributed by atoms with Crippen molar-refractivity contribution < 1.29 is 14.3 Å². The molecule has 0 saturated carbocycles. The van der Waals surface area contributed by atoms with Crippen LogP contribution in [-0.4, -0.2) is 27.7 Å². The third-order valence-electron chi connectivity index (χ3n) is 4.16. The topological polar surface area (TPSA) is 85.2 Å². The van der Waals surface area contributed by atoms with Gasteiger partial charge in [-0.25, -0.2) is 0 Å². The molecule has 0 aliphatic carbocycles. The molecule has 7 heteroatoms. The number of carbonyl (C=O) groups excluding carboxylic acids is 2. The number of hydrogen-bond donors (Lipinski definition) is 2. The summed E-state index contributed by atoms with van der Waals surface area (Å²) < 4.78 is 7.53. The van der Waals surface area contributed by atoms with Crippen LogP contribution in [0.5, 0.6) is 5.75 Å². The number of aromatic nitrogens is 2. The van der Waals surface area contributed by atoms with Gasteiger partial charge in [-0.15, -0.1) is 0 Å². The van der Waals surface area contributed by atoms with Gasteiger partial charge >= 0.3 is 0 Å². The zero-order valence-electron chi connectivity index (χ0n) is 14.8. The first-order valence-electron chi connectivity index (χ1n) is 8.29. The van der Waals surface area contributed by atoms with Crippen molar-refractivity contribution in [2.24, 2.45) is 0 Å². The van der Waals surface area contributed by atoms with E-state index in [9.17, 15) is 9.59 Å². The standard InChI is InChI=1S/C18H22N4O3/c1-10(2)22-12(4)17(11(3)21-22)20-16(23)9-15-18(24)19-13-7-5-6-8-14(13)25-15/h5-8,10,15H,9H2,1-4H3,(H,19,24)(H,20,23). The number of amides is 2. The zero-order chi connectivity index (χ0) is 18.1. The number of fused-ring (bicyclic) bond motifs is 1. The average molecular weight is 342 g/mol. The summed E-state index contributed by atoms with van der Waals surface area (Å²) in [6, 6.07) is 7.36. The molecule has 0 saturated heterocycles. The predicted octanol–water partition coefficient (Wildman–Crippen LogP) is 2.81. The molecule has 0 bridgehead atoms. The van der Waals surface area contributed by atoms with E-state index in [0.29, 0.717) is 17.1 Å². The van der Waals surface area contributed by atoms with Crippen molar-refractivity contribution in [3.8, 4) is 5.75 Å². The van der Waals surface area contributed by atoms with Crippen molar-refractivity contribution in [3.05, 3.63) is 35.7 Å². The van der Waals surface area contributed by atoms with Gasteiger partial charge in [0.25, 0.3) is 5.91 Å². The summed E-state index contributed by atoms with van der Waals surface area (Å²) >= 11 is 0. The van der Waals surface area contributed by atoms with E-state index in [-0.39, 0.29) is 24.3 Å². The molecule has 0 spiro atoms. The molecule has 25 heavy (non-hydrogen) atoms. The minimum absolute atomic E-state index is 0.0636. The molecule has 1 atom stereocenters. The highest BCUT2D eigenvalue weighted by Crippen LogP contribution is 2.30.